The van der Waals surface area contributed by atoms with Gasteiger partial charge >= 0.3 is 0 Å². The number of para-hydroxylation sites is 1. The molecule has 8 nitrogen and oxygen atoms in total. The van der Waals surface area contributed by atoms with Gasteiger partial charge in [-0.05, 0) is 68.1 Å². The molecule has 2 atom stereocenters. The fourth-order valence-electron chi connectivity index (χ4n) is 5.58. The normalized spacial score (nSPS) is 17.5. The molecule has 1 aliphatic rings. The lowest BCUT2D eigenvalue weighted by Crippen LogP contribution is -2.32. The standard InChI is InChI=1S/C34H36N2O6/c1-5-26-16-25(29-8-6-7-9-31(29)35-26)21-42-27-13-10-23(11-14-27)18-34(22(2)37)19-30(34)33(38)36(39)20-24-12-15-28(40-3)17-32(24)41-4/h6-17,30,39H,5,18-21H2,1-4H3/t30-,34-/m1/s1. The lowest BCUT2D eigenvalue weighted by Gasteiger charge is -2.20. The van der Waals surface area contributed by atoms with Gasteiger partial charge in [-0.25, -0.2) is 5.06 Å². The number of carbonyl (C=O) groups is 2. The minimum atomic E-state index is -0.836. The third kappa shape index (κ3) is 5.94. The third-order valence-electron chi connectivity index (χ3n) is 8.20. The van der Waals surface area contributed by atoms with Crippen molar-refractivity contribution in [3.05, 3.63) is 95.2 Å². The zero-order valence-corrected chi connectivity index (χ0v) is 24.4. The van der Waals surface area contributed by atoms with E-state index in [0.717, 1.165) is 34.1 Å². The number of methoxy groups -OCH3 is 2. The van der Waals surface area contributed by atoms with Crippen LogP contribution in [-0.2, 0) is 35.6 Å². The van der Waals surface area contributed by atoms with E-state index in [2.05, 4.69) is 19.1 Å². The van der Waals surface area contributed by atoms with Crippen molar-refractivity contribution in [2.75, 3.05) is 14.2 Å². The van der Waals surface area contributed by atoms with E-state index >= 15 is 0 Å². The molecular weight excluding hydrogens is 532 g/mol. The number of ketones is 1. The number of pyridine rings is 1. The molecule has 0 radical (unpaired) electrons. The molecule has 0 aliphatic heterocycles. The Morgan fingerprint density at radius 2 is 1.71 bits per heavy atom. The van der Waals surface area contributed by atoms with Gasteiger partial charge in [-0.2, -0.15) is 0 Å². The van der Waals surface area contributed by atoms with E-state index < -0.39 is 17.2 Å². The number of hydrogen-bond acceptors (Lipinski definition) is 7. The summed E-state index contributed by atoms with van der Waals surface area (Å²) in [6, 6.07) is 23.0. The first-order valence-electron chi connectivity index (χ1n) is 14.1. The molecule has 218 valence electrons. The number of benzene rings is 3. The van der Waals surface area contributed by atoms with Crippen LogP contribution < -0.4 is 14.2 Å². The van der Waals surface area contributed by atoms with Crippen molar-refractivity contribution in [3.8, 4) is 17.2 Å². The van der Waals surface area contributed by atoms with Crippen LogP contribution >= 0.6 is 0 Å². The highest BCUT2D eigenvalue weighted by atomic mass is 16.5. The monoisotopic (exact) mass is 568 g/mol. The van der Waals surface area contributed by atoms with Gasteiger partial charge in [0.15, 0.2) is 0 Å². The third-order valence-corrected chi connectivity index (χ3v) is 8.20. The molecule has 8 heteroatoms. The van der Waals surface area contributed by atoms with E-state index in [4.69, 9.17) is 19.2 Å². The number of ether oxygens (including phenoxy) is 3. The minimum Gasteiger partial charge on any atom is -0.497 e. The number of Topliss-reactive ketones (excluding diaryl/α,β-unsaturated/α-hetero) is 1. The van der Waals surface area contributed by atoms with Gasteiger partial charge in [-0.1, -0.05) is 37.3 Å². The molecule has 1 aliphatic carbocycles. The first kappa shape index (κ1) is 29.1. The second kappa shape index (κ2) is 12.2. The predicted molar refractivity (Wildman–Crippen MR) is 159 cm³/mol. The van der Waals surface area contributed by atoms with Crippen LogP contribution in [0.4, 0.5) is 0 Å². The van der Waals surface area contributed by atoms with Crippen molar-refractivity contribution in [2.45, 2.75) is 46.3 Å². The Labute approximate surface area is 245 Å². The van der Waals surface area contributed by atoms with Crippen LogP contribution in [0, 0.1) is 11.3 Å². The molecule has 5 rings (SSSR count). The molecule has 1 heterocycles. The van der Waals surface area contributed by atoms with E-state index in [-0.39, 0.29) is 12.3 Å². The van der Waals surface area contributed by atoms with Gasteiger partial charge < -0.3 is 14.2 Å². The molecule has 1 fully saturated rings. The Kier molecular flexibility index (Phi) is 8.45. The van der Waals surface area contributed by atoms with Gasteiger partial charge in [0.05, 0.1) is 32.2 Å². The maximum atomic E-state index is 13.2. The number of fused-ring (bicyclic) bond motifs is 1. The summed E-state index contributed by atoms with van der Waals surface area (Å²) in [4.78, 5) is 30.7. The molecule has 0 saturated heterocycles. The number of nitrogens with zero attached hydrogens (tertiary/aromatic N) is 2. The number of hydrogen-bond donors (Lipinski definition) is 1. The summed E-state index contributed by atoms with van der Waals surface area (Å²) in [7, 11) is 3.07. The first-order valence-corrected chi connectivity index (χ1v) is 14.1. The number of hydroxylamine groups is 2. The summed E-state index contributed by atoms with van der Waals surface area (Å²) >= 11 is 0. The predicted octanol–water partition coefficient (Wildman–Crippen LogP) is 5.95. The van der Waals surface area contributed by atoms with Gasteiger partial charge in [-0.3, -0.25) is 19.8 Å². The van der Waals surface area contributed by atoms with Crippen LogP contribution in [0.5, 0.6) is 17.2 Å². The topological polar surface area (TPSA) is 98.2 Å². The summed E-state index contributed by atoms with van der Waals surface area (Å²) in [5, 5.41) is 12.4. The van der Waals surface area contributed by atoms with Crippen molar-refractivity contribution in [2.24, 2.45) is 11.3 Å². The van der Waals surface area contributed by atoms with Crippen LogP contribution in [-0.4, -0.2) is 41.2 Å². The van der Waals surface area contributed by atoms with E-state index in [9.17, 15) is 14.8 Å². The average molecular weight is 569 g/mol. The van der Waals surface area contributed by atoms with E-state index in [1.807, 2.05) is 42.5 Å². The molecule has 4 aromatic rings. The van der Waals surface area contributed by atoms with Gasteiger partial charge in [0.25, 0.3) is 0 Å². The maximum absolute atomic E-state index is 13.2. The fourth-order valence-corrected chi connectivity index (χ4v) is 5.58. The maximum Gasteiger partial charge on any atom is 0.250 e. The highest BCUT2D eigenvalue weighted by Gasteiger charge is 2.62. The van der Waals surface area contributed by atoms with E-state index in [1.165, 1.54) is 14.0 Å². The molecule has 42 heavy (non-hydrogen) atoms. The molecule has 3 aromatic carbocycles. The molecular formula is C34H36N2O6. The Hall–Kier alpha value is -4.43. The molecule has 0 bridgehead atoms. The second-order valence-corrected chi connectivity index (χ2v) is 10.8. The van der Waals surface area contributed by atoms with Crippen LogP contribution in [0.15, 0.2) is 72.8 Å². The Morgan fingerprint density at radius 3 is 2.40 bits per heavy atom. The average Bonchev–Trinajstić information content (AvgIpc) is 3.75. The van der Waals surface area contributed by atoms with Crippen LogP contribution in [0.3, 0.4) is 0 Å². The molecule has 1 amide bonds. The molecule has 1 N–H and O–H groups in total. The lowest BCUT2D eigenvalue weighted by atomic mass is 9.90. The highest BCUT2D eigenvalue weighted by molar-refractivity contribution is 5.95. The summed E-state index contributed by atoms with van der Waals surface area (Å²) in [6.07, 6.45) is 1.65. The van der Waals surface area contributed by atoms with Crippen LogP contribution in [0.25, 0.3) is 10.9 Å². The Bertz CT molecular complexity index is 1600. The number of aryl methyl sites for hydroxylation is 1. The minimum absolute atomic E-state index is 0.0605. The van der Waals surface area contributed by atoms with Crippen molar-refractivity contribution in [3.63, 3.8) is 0 Å². The summed E-state index contributed by atoms with van der Waals surface area (Å²) in [6.45, 7) is 3.95. The van der Waals surface area contributed by atoms with Crippen LogP contribution in [0.1, 0.15) is 42.7 Å². The van der Waals surface area contributed by atoms with Gasteiger partial charge in [0.1, 0.15) is 29.6 Å². The number of aromatic nitrogens is 1. The zero-order valence-electron chi connectivity index (χ0n) is 24.4. The lowest BCUT2D eigenvalue weighted by molar-refractivity contribution is -0.171. The summed E-state index contributed by atoms with van der Waals surface area (Å²) in [5.41, 5.74) is 3.78. The first-order chi connectivity index (χ1) is 20.3. The SMILES string of the molecule is CCc1cc(COc2ccc(C[C@]3(C(C)=O)C[C@@H]3C(=O)N(O)Cc3ccc(OC)cc3OC)cc2)c2ccccc2n1. The summed E-state index contributed by atoms with van der Waals surface area (Å²) < 4.78 is 16.7. The second-order valence-electron chi connectivity index (χ2n) is 10.8. The Balaban J connectivity index is 1.23. The fraction of sp³-hybridized carbons (Fsp3) is 0.324. The molecule has 1 aromatic heterocycles. The number of rotatable bonds is 12. The quantitative estimate of drug-likeness (QED) is 0.167. The van der Waals surface area contributed by atoms with Crippen LogP contribution in [0.2, 0.25) is 0 Å². The summed E-state index contributed by atoms with van der Waals surface area (Å²) in [5.74, 6) is 0.699. The van der Waals surface area contributed by atoms with Crippen molar-refractivity contribution < 1.29 is 29.0 Å². The smallest absolute Gasteiger partial charge is 0.250 e. The van der Waals surface area contributed by atoms with E-state index in [1.54, 1.807) is 25.3 Å². The van der Waals surface area contributed by atoms with Crippen molar-refractivity contribution in [1.82, 2.24) is 10.0 Å². The Morgan fingerprint density at radius 1 is 0.976 bits per heavy atom. The van der Waals surface area contributed by atoms with Gasteiger partial charge in [0.2, 0.25) is 5.91 Å². The molecule has 0 spiro atoms. The van der Waals surface area contributed by atoms with Crippen molar-refractivity contribution >= 4 is 22.6 Å². The van der Waals surface area contributed by atoms with Gasteiger partial charge in [-0.15, -0.1) is 0 Å². The molecule has 1 saturated carbocycles. The van der Waals surface area contributed by atoms with Gasteiger partial charge in [0, 0.05) is 33.7 Å². The number of amides is 1. The highest BCUT2D eigenvalue weighted by Crippen LogP contribution is 2.56. The molecule has 0 unspecified atom stereocenters. The number of carbonyl (C=O) groups excluding carboxylic acids is 2. The zero-order chi connectivity index (χ0) is 29.9. The van der Waals surface area contributed by atoms with E-state index in [0.29, 0.717) is 47.3 Å². The van der Waals surface area contributed by atoms with Crippen molar-refractivity contribution in [1.29, 1.82) is 0 Å². The largest absolute Gasteiger partial charge is 0.497 e.